The number of fused-ring (bicyclic) bond motifs is 1. The number of rotatable bonds is 2. The van der Waals surface area contributed by atoms with Crippen LogP contribution in [-0.2, 0) is 0 Å². The molecule has 3 aromatic rings. The van der Waals surface area contributed by atoms with Crippen LogP contribution in [0.1, 0.15) is 48.5 Å². The summed E-state index contributed by atoms with van der Waals surface area (Å²) in [5, 5.41) is 6.40. The first kappa shape index (κ1) is 17.6. The number of aryl methyl sites for hydroxylation is 1. The molecule has 26 heavy (non-hydrogen) atoms. The Morgan fingerprint density at radius 2 is 1.85 bits per heavy atom. The summed E-state index contributed by atoms with van der Waals surface area (Å²) < 4.78 is 1.91. The first-order valence-corrected chi connectivity index (χ1v) is 10.2. The number of hydrogen-bond donors (Lipinski definition) is 0. The summed E-state index contributed by atoms with van der Waals surface area (Å²) in [4.78, 5) is 17.0. The molecule has 0 saturated carbocycles. The predicted molar refractivity (Wildman–Crippen MR) is 108 cm³/mol. The quantitative estimate of drug-likeness (QED) is 0.586. The Morgan fingerprint density at radius 1 is 1.19 bits per heavy atom. The number of likely N-dealkylation sites (tertiary alicyclic amines) is 1. The van der Waals surface area contributed by atoms with Gasteiger partial charge in [0, 0.05) is 22.5 Å². The van der Waals surface area contributed by atoms with Gasteiger partial charge in [-0.05, 0) is 70.4 Å². The average Bonchev–Trinajstić information content (AvgIpc) is 3.16. The van der Waals surface area contributed by atoms with Gasteiger partial charge >= 0.3 is 0 Å². The third-order valence-electron chi connectivity index (χ3n) is 5.25. The van der Waals surface area contributed by atoms with Crippen molar-refractivity contribution >= 4 is 39.1 Å². The van der Waals surface area contributed by atoms with E-state index in [4.69, 9.17) is 11.6 Å². The lowest BCUT2D eigenvalue weighted by Crippen LogP contribution is -2.47. The molecule has 1 amide bonds. The van der Waals surface area contributed by atoms with Crippen LogP contribution in [0.15, 0.2) is 30.3 Å². The van der Waals surface area contributed by atoms with Gasteiger partial charge in [-0.25, -0.2) is 4.68 Å². The van der Waals surface area contributed by atoms with E-state index in [1.165, 1.54) is 17.8 Å². The maximum absolute atomic E-state index is 13.2. The summed E-state index contributed by atoms with van der Waals surface area (Å²) in [7, 11) is 0. The summed E-state index contributed by atoms with van der Waals surface area (Å²) in [5.41, 5.74) is 1.89. The molecule has 2 unspecified atom stereocenters. The van der Waals surface area contributed by atoms with E-state index in [0.29, 0.717) is 17.1 Å². The summed E-state index contributed by atoms with van der Waals surface area (Å²) in [6.45, 7) is 6.30. The fourth-order valence-electron chi connectivity index (χ4n) is 3.86. The molecule has 0 aliphatic carbocycles. The molecule has 1 aliphatic heterocycles. The van der Waals surface area contributed by atoms with Crippen LogP contribution in [0.4, 0.5) is 0 Å². The first-order chi connectivity index (χ1) is 12.5. The van der Waals surface area contributed by atoms with Crippen LogP contribution in [-0.4, -0.2) is 32.7 Å². The van der Waals surface area contributed by atoms with Crippen LogP contribution in [0.5, 0.6) is 0 Å². The van der Waals surface area contributed by atoms with Crippen LogP contribution in [0.2, 0.25) is 5.02 Å². The number of carbonyl (C=O) groups is 1. The minimum absolute atomic E-state index is 0.146. The molecule has 1 aliphatic rings. The molecule has 1 fully saturated rings. The highest BCUT2D eigenvalue weighted by atomic mass is 35.5. The van der Waals surface area contributed by atoms with E-state index >= 15 is 0 Å². The maximum atomic E-state index is 13.2. The zero-order valence-corrected chi connectivity index (χ0v) is 16.8. The smallest absolute Gasteiger partial charge is 0.264 e. The second kappa shape index (κ2) is 6.71. The van der Waals surface area contributed by atoms with Crippen molar-refractivity contribution in [3.63, 3.8) is 0 Å². The fraction of sp³-hybridized carbons (Fsp3) is 0.400. The van der Waals surface area contributed by atoms with Crippen LogP contribution in [0.3, 0.4) is 0 Å². The number of carbonyl (C=O) groups excluding carboxylic acids is 1. The van der Waals surface area contributed by atoms with Gasteiger partial charge in [0.2, 0.25) is 0 Å². The summed E-state index contributed by atoms with van der Waals surface area (Å²) in [6, 6.07) is 10.2. The van der Waals surface area contributed by atoms with Crippen LogP contribution in [0, 0.1) is 6.92 Å². The highest BCUT2D eigenvalue weighted by Crippen LogP contribution is 2.33. The molecule has 0 spiro atoms. The largest absolute Gasteiger partial charge is 0.333 e. The zero-order valence-electron chi connectivity index (χ0n) is 15.2. The average molecular weight is 388 g/mol. The molecule has 0 N–H and O–H groups in total. The Bertz CT molecular complexity index is 950. The molecule has 1 saturated heterocycles. The molecule has 2 atom stereocenters. The lowest BCUT2D eigenvalue weighted by Gasteiger charge is -2.38. The van der Waals surface area contributed by atoms with Gasteiger partial charge in [-0.3, -0.25) is 4.79 Å². The minimum atomic E-state index is 0.146. The van der Waals surface area contributed by atoms with Crippen molar-refractivity contribution in [2.45, 2.75) is 52.1 Å². The molecule has 4 nitrogen and oxygen atoms in total. The van der Waals surface area contributed by atoms with Crippen molar-refractivity contribution in [3.05, 3.63) is 45.9 Å². The van der Waals surface area contributed by atoms with E-state index in [2.05, 4.69) is 23.8 Å². The molecule has 2 aromatic heterocycles. The Labute approximate surface area is 162 Å². The molecular weight excluding hydrogens is 366 g/mol. The number of nitrogens with zero attached hydrogens (tertiary/aromatic N) is 3. The van der Waals surface area contributed by atoms with E-state index in [0.717, 1.165) is 39.3 Å². The fourth-order valence-corrected chi connectivity index (χ4v) is 5.11. The second-order valence-electron chi connectivity index (χ2n) is 7.14. The third-order valence-corrected chi connectivity index (χ3v) is 6.61. The monoisotopic (exact) mass is 387 g/mol. The van der Waals surface area contributed by atoms with Crippen LogP contribution < -0.4 is 0 Å². The number of amides is 1. The first-order valence-electron chi connectivity index (χ1n) is 9.03. The van der Waals surface area contributed by atoms with Crippen molar-refractivity contribution < 1.29 is 4.79 Å². The standard InChI is InChI=1S/C20H22ClN3OS/c1-12-5-4-6-13(2)23(12)19(25)18-11-17-14(3)22-24(20(17)26-18)16-9-7-15(21)8-10-16/h7-13H,4-6H2,1-3H3. The van der Waals surface area contributed by atoms with Crippen molar-refractivity contribution in [3.8, 4) is 5.69 Å². The maximum Gasteiger partial charge on any atom is 0.264 e. The van der Waals surface area contributed by atoms with Crippen LogP contribution >= 0.6 is 22.9 Å². The molecule has 0 bridgehead atoms. The Morgan fingerprint density at radius 3 is 2.50 bits per heavy atom. The van der Waals surface area contributed by atoms with Gasteiger partial charge in [-0.1, -0.05) is 11.6 Å². The summed E-state index contributed by atoms with van der Waals surface area (Å²) >= 11 is 7.53. The van der Waals surface area contributed by atoms with Gasteiger partial charge in [0.25, 0.3) is 5.91 Å². The van der Waals surface area contributed by atoms with E-state index in [1.807, 2.05) is 41.9 Å². The summed E-state index contributed by atoms with van der Waals surface area (Å²) in [5.74, 6) is 0.146. The molecule has 6 heteroatoms. The van der Waals surface area contributed by atoms with Gasteiger partial charge in [0.05, 0.1) is 16.3 Å². The number of hydrogen-bond acceptors (Lipinski definition) is 3. The Kier molecular flexibility index (Phi) is 4.53. The Balaban J connectivity index is 1.75. The number of piperidine rings is 1. The van der Waals surface area contributed by atoms with E-state index in [1.54, 1.807) is 0 Å². The highest BCUT2D eigenvalue weighted by molar-refractivity contribution is 7.20. The van der Waals surface area contributed by atoms with Crippen molar-refractivity contribution in [2.24, 2.45) is 0 Å². The van der Waals surface area contributed by atoms with Gasteiger partial charge in [-0.15, -0.1) is 11.3 Å². The van der Waals surface area contributed by atoms with Crippen molar-refractivity contribution in [1.82, 2.24) is 14.7 Å². The van der Waals surface area contributed by atoms with Gasteiger partial charge in [0.1, 0.15) is 4.83 Å². The molecule has 136 valence electrons. The number of thiophene rings is 1. The molecule has 1 aromatic carbocycles. The highest BCUT2D eigenvalue weighted by Gasteiger charge is 2.31. The van der Waals surface area contributed by atoms with Gasteiger partial charge < -0.3 is 4.90 Å². The number of benzene rings is 1. The number of aromatic nitrogens is 2. The topological polar surface area (TPSA) is 38.1 Å². The van der Waals surface area contributed by atoms with Crippen LogP contribution in [0.25, 0.3) is 15.9 Å². The molecule has 0 radical (unpaired) electrons. The van der Waals surface area contributed by atoms with Crippen molar-refractivity contribution in [1.29, 1.82) is 0 Å². The van der Waals surface area contributed by atoms with Crippen molar-refractivity contribution in [2.75, 3.05) is 0 Å². The van der Waals surface area contributed by atoms with Gasteiger partial charge in [-0.2, -0.15) is 5.10 Å². The number of halogens is 1. The normalized spacial score (nSPS) is 20.7. The van der Waals surface area contributed by atoms with Gasteiger partial charge in [0.15, 0.2) is 0 Å². The zero-order chi connectivity index (χ0) is 18.4. The SMILES string of the molecule is Cc1nn(-c2ccc(Cl)cc2)c2sc(C(=O)N3C(C)CCCC3C)cc12. The minimum Gasteiger partial charge on any atom is -0.333 e. The van der Waals surface area contributed by atoms with E-state index in [9.17, 15) is 4.79 Å². The lowest BCUT2D eigenvalue weighted by atomic mass is 9.97. The molecular formula is C20H22ClN3OS. The molecule has 4 rings (SSSR count). The third kappa shape index (κ3) is 2.93. The Hall–Kier alpha value is -1.85. The summed E-state index contributed by atoms with van der Waals surface area (Å²) in [6.07, 6.45) is 3.36. The van der Waals surface area contributed by atoms with E-state index < -0.39 is 0 Å². The van der Waals surface area contributed by atoms with E-state index in [-0.39, 0.29) is 5.91 Å². The predicted octanol–water partition coefficient (Wildman–Crippen LogP) is 5.45. The second-order valence-corrected chi connectivity index (χ2v) is 8.61. The molecule has 3 heterocycles. The lowest BCUT2D eigenvalue weighted by molar-refractivity contribution is 0.0516.